The minimum atomic E-state index is -0.721. The number of hydrogen-bond donors (Lipinski definition) is 3. The van der Waals surface area contributed by atoms with E-state index in [1.165, 1.54) is 0 Å². The molecule has 0 bridgehead atoms. The topological polar surface area (TPSA) is 75.1 Å². The van der Waals surface area contributed by atoms with E-state index in [1.807, 2.05) is 6.92 Å². The van der Waals surface area contributed by atoms with Gasteiger partial charge >= 0.3 is 0 Å². The van der Waals surface area contributed by atoms with Crippen molar-refractivity contribution in [2.24, 2.45) is 10.9 Å². The van der Waals surface area contributed by atoms with E-state index >= 15 is 0 Å². The lowest BCUT2D eigenvalue weighted by molar-refractivity contribution is -0.0565. The van der Waals surface area contributed by atoms with Crippen LogP contribution in [0.5, 0.6) is 0 Å². The van der Waals surface area contributed by atoms with Gasteiger partial charge in [0.15, 0.2) is 5.96 Å². The number of ether oxygens (including phenoxy) is 2. The molecule has 6 nitrogen and oxygen atoms in total. The van der Waals surface area contributed by atoms with Gasteiger partial charge in [-0.05, 0) is 19.3 Å². The second kappa shape index (κ2) is 10.8. The van der Waals surface area contributed by atoms with Crippen LogP contribution in [0.15, 0.2) is 4.99 Å². The first-order valence-electron chi connectivity index (χ1n) is 8.46. The van der Waals surface area contributed by atoms with Crippen molar-refractivity contribution in [1.29, 1.82) is 0 Å². The quantitative estimate of drug-likeness (QED) is 0.338. The van der Waals surface area contributed by atoms with Crippen molar-refractivity contribution in [1.82, 2.24) is 10.6 Å². The summed E-state index contributed by atoms with van der Waals surface area (Å²) in [7, 11) is 0. The van der Waals surface area contributed by atoms with Crippen LogP contribution in [0.1, 0.15) is 40.0 Å². The Hall–Kier alpha value is -0.850. The zero-order valence-electron chi connectivity index (χ0n) is 14.4. The van der Waals surface area contributed by atoms with Crippen LogP contribution in [0, 0.1) is 5.92 Å². The lowest BCUT2D eigenvalue weighted by Gasteiger charge is -2.30. The van der Waals surface area contributed by atoms with Crippen LogP contribution in [0.4, 0.5) is 0 Å². The van der Waals surface area contributed by atoms with Crippen molar-refractivity contribution in [2.45, 2.75) is 45.6 Å². The summed E-state index contributed by atoms with van der Waals surface area (Å²) >= 11 is 0. The Kier molecular flexibility index (Phi) is 9.43. The van der Waals surface area contributed by atoms with E-state index in [4.69, 9.17) is 9.47 Å². The molecule has 0 unspecified atom stereocenters. The van der Waals surface area contributed by atoms with Gasteiger partial charge in [-0.3, -0.25) is 4.99 Å². The van der Waals surface area contributed by atoms with Crippen molar-refractivity contribution in [3.05, 3.63) is 0 Å². The summed E-state index contributed by atoms with van der Waals surface area (Å²) in [6.45, 7) is 11.1. The van der Waals surface area contributed by atoms with Crippen LogP contribution in [0.3, 0.4) is 0 Å². The van der Waals surface area contributed by atoms with Crippen molar-refractivity contribution in [3.8, 4) is 0 Å². The molecule has 0 aromatic rings. The molecule has 6 heteroatoms. The zero-order chi connectivity index (χ0) is 16.3. The Morgan fingerprint density at radius 1 is 1.32 bits per heavy atom. The molecular weight excluding hydrogens is 282 g/mol. The molecule has 0 amide bonds. The average Bonchev–Trinajstić information content (AvgIpc) is 2.48. The summed E-state index contributed by atoms with van der Waals surface area (Å²) in [5.74, 6) is 1.33. The summed E-state index contributed by atoms with van der Waals surface area (Å²) in [6, 6.07) is 0. The highest BCUT2D eigenvalue weighted by Gasteiger charge is 2.29. The number of aliphatic hydroxyl groups is 1. The van der Waals surface area contributed by atoms with Gasteiger partial charge in [-0.25, -0.2) is 0 Å². The molecule has 22 heavy (non-hydrogen) atoms. The molecule has 1 heterocycles. The smallest absolute Gasteiger partial charge is 0.191 e. The summed E-state index contributed by atoms with van der Waals surface area (Å²) < 4.78 is 10.8. The van der Waals surface area contributed by atoms with Crippen LogP contribution >= 0.6 is 0 Å². The van der Waals surface area contributed by atoms with Crippen molar-refractivity contribution in [2.75, 3.05) is 46.1 Å². The molecule has 0 atom stereocenters. The maximum Gasteiger partial charge on any atom is 0.191 e. The fourth-order valence-corrected chi connectivity index (χ4v) is 2.18. The number of rotatable bonds is 9. The second-order valence-electron chi connectivity index (χ2n) is 6.28. The van der Waals surface area contributed by atoms with E-state index < -0.39 is 5.60 Å². The maximum absolute atomic E-state index is 10.4. The highest BCUT2D eigenvalue weighted by atomic mass is 16.5. The molecule has 0 aromatic carbocycles. The van der Waals surface area contributed by atoms with E-state index in [0.29, 0.717) is 38.5 Å². The molecular formula is C16H33N3O3. The van der Waals surface area contributed by atoms with Gasteiger partial charge in [0.05, 0.1) is 12.1 Å². The largest absolute Gasteiger partial charge is 0.388 e. The number of nitrogens with zero attached hydrogens (tertiary/aromatic N) is 1. The number of nitrogens with one attached hydrogen (secondary N) is 2. The Labute approximate surface area is 134 Å². The second-order valence-corrected chi connectivity index (χ2v) is 6.28. The van der Waals surface area contributed by atoms with Gasteiger partial charge in [0.2, 0.25) is 0 Å². The molecule has 0 radical (unpaired) electrons. The Morgan fingerprint density at radius 2 is 2.05 bits per heavy atom. The van der Waals surface area contributed by atoms with Crippen molar-refractivity contribution in [3.63, 3.8) is 0 Å². The first-order chi connectivity index (χ1) is 10.6. The lowest BCUT2D eigenvalue weighted by atomic mass is 9.95. The molecule has 1 saturated heterocycles. The SMILES string of the molecule is CCNC(=NCC1(O)CCOCC1)NCCCOCC(C)C. The van der Waals surface area contributed by atoms with Gasteiger partial charge in [-0.15, -0.1) is 0 Å². The van der Waals surface area contributed by atoms with Gasteiger partial charge < -0.3 is 25.2 Å². The molecule has 3 N–H and O–H groups in total. The monoisotopic (exact) mass is 315 g/mol. The summed E-state index contributed by atoms with van der Waals surface area (Å²) in [4.78, 5) is 4.50. The van der Waals surface area contributed by atoms with E-state index in [-0.39, 0.29) is 0 Å². The standard InChI is InChI=1S/C16H33N3O3/c1-4-17-15(18-8-5-9-22-12-14(2)3)19-13-16(20)6-10-21-11-7-16/h14,20H,4-13H2,1-3H3,(H2,17,18,19). The van der Waals surface area contributed by atoms with Crippen LogP contribution in [-0.4, -0.2) is 62.7 Å². The number of aliphatic imine (C=N–C) groups is 1. The highest BCUT2D eigenvalue weighted by Crippen LogP contribution is 2.20. The number of guanidine groups is 1. The molecule has 0 saturated carbocycles. The first kappa shape index (κ1) is 19.2. The van der Waals surface area contributed by atoms with Crippen LogP contribution < -0.4 is 10.6 Å². The van der Waals surface area contributed by atoms with E-state index in [0.717, 1.165) is 38.7 Å². The Bertz CT molecular complexity index is 316. The Morgan fingerprint density at radius 3 is 2.68 bits per heavy atom. The van der Waals surface area contributed by atoms with Crippen molar-refractivity contribution >= 4 is 5.96 Å². The maximum atomic E-state index is 10.4. The van der Waals surface area contributed by atoms with Gasteiger partial charge in [0, 0.05) is 52.4 Å². The molecule has 1 aliphatic rings. The molecule has 1 aliphatic heterocycles. The zero-order valence-corrected chi connectivity index (χ0v) is 14.4. The summed E-state index contributed by atoms with van der Waals surface area (Å²) in [5, 5.41) is 16.9. The van der Waals surface area contributed by atoms with Crippen LogP contribution in [0.25, 0.3) is 0 Å². The molecule has 1 rings (SSSR count). The molecule has 0 aliphatic carbocycles. The highest BCUT2D eigenvalue weighted by molar-refractivity contribution is 5.79. The molecule has 1 fully saturated rings. The third-order valence-corrected chi connectivity index (χ3v) is 3.51. The lowest BCUT2D eigenvalue weighted by Crippen LogP contribution is -2.42. The van der Waals surface area contributed by atoms with E-state index in [1.54, 1.807) is 0 Å². The fourth-order valence-electron chi connectivity index (χ4n) is 2.18. The minimum Gasteiger partial charge on any atom is -0.388 e. The van der Waals surface area contributed by atoms with E-state index in [2.05, 4.69) is 29.5 Å². The first-order valence-corrected chi connectivity index (χ1v) is 8.46. The van der Waals surface area contributed by atoms with Crippen molar-refractivity contribution < 1.29 is 14.6 Å². The van der Waals surface area contributed by atoms with E-state index in [9.17, 15) is 5.11 Å². The number of hydrogen-bond acceptors (Lipinski definition) is 4. The van der Waals surface area contributed by atoms with Gasteiger partial charge in [0.25, 0.3) is 0 Å². The molecule has 0 aromatic heterocycles. The fraction of sp³-hybridized carbons (Fsp3) is 0.938. The van der Waals surface area contributed by atoms with Gasteiger partial charge in [-0.2, -0.15) is 0 Å². The average molecular weight is 315 g/mol. The normalized spacial score (nSPS) is 18.5. The summed E-state index contributed by atoms with van der Waals surface area (Å²) in [6.07, 6.45) is 2.24. The Balaban J connectivity index is 2.26. The van der Waals surface area contributed by atoms with Gasteiger partial charge in [-0.1, -0.05) is 13.8 Å². The minimum absolute atomic E-state index is 0.412. The third kappa shape index (κ3) is 8.56. The molecule has 130 valence electrons. The van der Waals surface area contributed by atoms with Crippen LogP contribution in [0.2, 0.25) is 0 Å². The predicted octanol–water partition coefficient (Wildman–Crippen LogP) is 1.15. The third-order valence-electron chi connectivity index (χ3n) is 3.51. The van der Waals surface area contributed by atoms with Gasteiger partial charge in [0.1, 0.15) is 0 Å². The van der Waals surface area contributed by atoms with Crippen LogP contribution in [-0.2, 0) is 9.47 Å². The molecule has 0 spiro atoms. The summed E-state index contributed by atoms with van der Waals surface area (Å²) in [5.41, 5.74) is -0.721. The predicted molar refractivity (Wildman–Crippen MR) is 89.3 cm³/mol.